The highest BCUT2D eigenvalue weighted by Crippen LogP contribution is 2.38. The number of likely N-dealkylation sites (tertiary alicyclic amines) is 1. The molecule has 3 amide bonds. The van der Waals surface area contributed by atoms with Gasteiger partial charge in [-0.1, -0.05) is 13.0 Å². The number of rotatable bonds is 3. The van der Waals surface area contributed by atoms with Crippen molar-refractivity contribution >= 4 is 22.0 Å². The van der Waals surface area contributed by atoms with Gasteiger partial charge in [-0.3, -0.25) is 4.79 Å². The van der Waals surface area contributed by atoms with Crippen LogP contribution in [0.4, 0.5) is 4.79 Å². The average Bonchev–Trinajstić information content (AvgIpc) is 3.34. The molecule has 3 saturated heterocycles. The van der Waals surface area contributed by atoms with Gasteiger partial charge in [0.25, 0.3) is 0 Å². The highest BCUT2D eigenvalue weighted by molar-refractivity contribution is 7.89. The van der Waals surface area contributed by atoms with Gasteiger partial charge in [0.15, 0.2) is 0 Å². The van der Waals surface area contributed by atoms with E-state index in [0.717, 1.165) is 29.1 Å². The Morgan fingerprint density at radius 1 is 1.18 bits per heavy atom. The Bertz CT molecular complexity index is 1160. The van der Waals surface area contributed by atoms with Gasteiger partial charge in [-0.25, -0.2) is 13.2 Å². The van der Waals surface area contributed by atoms with Crippen molar-refractivity contribution in [3.8, 4) is 5.75 Å². The lowest BCUT2D eigenvalue weighted by Gasteiger charge is -2.43. The van der Waals surface area contributed by atoms with E-state index >= 15 is 0 Å². The topological polar surface area (TPSA) is 138 Å². The number of fused-ring (bicyclic) bond motifs is 2. The van der Waals surface area contributed by atoms with Crippen LogP contribution in [0.15, 0.2) is 23.1 Å². The fraction of sp³-hybridized carbons (Fsp3) is 0.704. The fourth-order valence-corrected chi connectivity index (χ4v) is 7.92. The molecule has 0 saturated carbocycles. The van der Waals surface area contributed by atoms with Gasteiger partial charge < -0.3 is 30.1 Å². The fourth-order valence-electron chi connectivity index (χ4n) is 6.17. The summed E-state index contributed by atoms with van der Waals surface area (Å²) in [6, 6.07) is 4.10. The molecule has 1 aromatic carbocycles. The van der Waals surface area contributed by atoms with Crippen LogP contribution >= 0.6 is 0 Å². The maximum absolute atomic E-state index is 13.9. The standard InChI is InChI=1S/C27H40N4O7S/c1-2-10-28-26(34)30-11-7-27(8-12-30)9-15-38-23-16-20(19-5-13-37-14-6-19)3-4-24(23)39(35,36)31-18-21(32)17-22(31)25(33)29-27/h3-4,16,19,21-22,32H,2,5-15,17-18H2,1H3,(H,28,34)(H,29,33)/t21-,22+/m1/s1. The lowest BCUT2D eigenvalue weighted by Crippen LogP contribution is -2.60. The van der Waals surface area contributed by atoms with Gasteiger partial charge in [0.05, 0.1) is 12.7 Å². The van der Waals surface area contributed by atoms with Gasteiger partial charge in [-0.2, -0.15) is 4.31 Å². The lowest BCUT2D eigenvalue weighted by atomic mass is 9.84. The first-order valence-corrected chi connectivity index (χ1v) is 15.6. The van der Waals surface area contributed by atoms with Crippen molar-refractivity contribution in [2.45, 2.75) is 80.4 Å². The van der Waals surface area contributed by atoms with E-state index in [0.29, 0.717) is 52.1 Å². The number of hydrogen-bond donors (Lipinski definition) is 3. The summed E-state index contributed by atoms with van der Waals surface area (Å²) in [5, 5.41) is 16.5. The summed E-state index contributed by atoms with van der Waals surface area (Å²) in [5.41, 5.74) is 0.361. The quantitative estimate of drug-likeness (QED) is 0.507. The number of urea groups is 1. The third-order valence-corrected chi connectivity index (χ3v) is 10.5. The molecule has 216 valence electrons. The normalized spacial score (nSPS) is 27.5. The average molecular weight is 565 g/mol. The van der Waals surface area contributed by atoms with Crippen LogP contribution in [0, 0.1) is 0 Å². The molecule has 11 nitrogen and oxygen atoms in total. The monoisotopic (exact) mass is 564 g/mol. The van der Waals surface area contributed by atoms with E-state index in [4.69, 9.17) is 9.47 Å². The number of benzene rings is 1. The van der Waals surface area contributed by atoms with Crippen molar-refractivity contribution in [3.63, 3.8) is 0 Å². The molecule has 0 aromatic heterocycles. The van der Waals surface area contributed by atoms with Crippen LogP contribution in [0.1, 0.15) is 63.4 Å². The van der Waals surface area contributed by atoms with Gasteiger partial charge in [0, 0.05) is 57.8 Å². The van der Waals surface area contributed by atoms with Crippen LogP contribution in [0.2, 0.25) is 0 Å². The number of nitrogens with one attached hydrogen (secondary N) is 2. The summed E-state index contributed by atoms with van der Waals surface area (Å²) < 4.78 is 40.6. The molecule has 3 N–H and O–H groups in total. The van der Waals surface area contributed by atoms with Gasteiger partial charge in [0.1, 0.15) is 16.7 Å². The second-order valence-corrected chi connectivity index (χ2v) is 13.0. The summed E-state index contributed by atoms with van der Waals surface area (Å²) in [7, 11) is -4.12. The van der Waals surface area contributed by atoms with Crippen molar-refractivity contribution in [1.82, 2.24) is 19.8 Å². The van der Waals surface area contributed by atoms with E-state index in [1.165, 1.54) is 0 Å². The summed E-state index contributed by atoms with van der Waals surface area (Å²) in [4.78, 5) is 27.9. The van der Waals surface area contributed by atoms with Crippen LogP contribution < -0.4 is 15.4 Å². The number of amides is 3. The minimum Gasteiger partial charge on any atom is -0.492 e. The second-order valence-electron chi connectivity index (χ2n) is 11.2. The molecule has 5 rings (SSSR count). The van der Waals surface area contributed by atoms with E-state index in [1.54, 1.807) is 11.0 Å². The number of aliphatic hydroxyl groups excluding tert-OH is 1. The number of nitrogens with zero attached hydrogens (tertiary/aromatic N) is 2. The highest BCUT2D eigenvalue weighted by Gasteiger charge is 2.47. The van der Waals surface area contributed by atoms with Crippen LogP contribution in [0.3, 0.4) is 0 Å². The van der Waals surface area contributed by atoms with Crippen LogP contribution in [0.5, 0.6) is 5.75 Å². The molecule has 0 unspecified atom stereocenters. The minimum atomic E-state index is -4.12. The molecule has 0 aliphatic carbocycles. The van der Waals surface area contributed by atoms with E-state index in [1.807, 2.05) is 19.1 Å². The third-order valence-electron chi connectivity index (χ3n) is 8.54. The molecule has 1 aromatic rings. The first kappa shape index (κ1) is 28.1. The molecule has 4 aliphatic rings. The number of piperidine rings is 1. The van der Waals surface area contributed by atoms with Crippen LogP contribution in [-0.4, -0.2) is 98.4 Å². The van der Waals surface area contributed by atoms with Crippen molar-refractivity contribution in [2.24, 2.45) is 0 Å². The van der Waals surface area contributed by atoms with E-state index < -0.39 is 33.6 Å². The number of aliphatic hydroxyl groups is 1. The Morgan fingerprint density at radius 2 is 1.92 bits per heavy atom. The number of sulfonamides is 1. The SMILES string of the molecule is CCCNC(=O)N1CCC2(CCOc3cc(C4CCOCC4)ccc3S(=O)(=O)N3C[C@H](O)C[C@H]3C(=O)N2)CC1. The van der Waals surface area contributed by atoms with Crippen molar-refractivity contribution in [1.29, 1.82) is 0 Å². The zero-order valence-electron chi connectivity index (χ0n) is 22.6. The number of ether oxygens (including phenoxy) is 2. The summed E-state index contributed by atoms with van der Waals surface area (Å²) >= 11 is 0. The summed E-state index contributed by atoms with van der Waals surface area (Å²) in [6.45, 7) is 4.93. The maximum Gasteiger partial charge on any atom is 0.317 e. The molecule has 0 radical (unpaired) electrons. The largest absolute Gasteiger partial charge is 0.492 e. The Balaban J connectivity index is 1.44. The van der Waals surface area contributed by atoms with Crippen LogP contribution in [-0.2, 0) is 19.6 Å². The predicted octanol–water partition coefficient (Wildman–Crippen LogP) is 1.56. The van der Waals surface area contributed by atoms with Crippen molar-refractivity contribution in [2.75, 3.05) is 46.0 Å². The Labute approximate surface area is 230 Å². The molecular formula is C27H40N4O7S. The zero-order valence-corrected chi connectivity index (χ0v) is 23.4. The zero-order chi connectivity index (χ0) is 27.6. The van der Waals surface area contributed by atoms with E-state index in [2.05, 4.69) is 10.6 Å². The first-order chi connectivity index (χ1) is 18.7. The van der Waals surface area contributed by atoms with Gasteiger partial charge in [0.2, 0.25) is 15.9 Å². The lowest BCUT2D eigenvalue weighted by molar-refractivity contribution is -0.127. The number of carbonyl (C=O) groups excluding carboxylic acids is 2. The molecule has 12 heteroatoms. The van der Waals surface area contributed by atoms with Gasteiger partial charge >= 0.3 is 6.03 Å². The van der Waals surface area contributed by atoms with Crippen molar-refractivity contribution in [3.05, 3.63) is 23.8 Å². The first-order valence-electron chi connectivity index (χ1n) is 14.1. The van der Waals surface area contributed by atoms with E-state index in [9.17, 15) is 23.1 Å². The number of hydrogen-bond acceptors (Lipinski definition) is 7. The van der Waals surface area contributed by atoms with Crippen LogP contribution in [0.25, 0.3) is 0 Å². The second kappa shape index (κ2) is 11.6. The summed E-state index contributed by atoms with van der Waals surface area (Å²) in [5.74, 6) is 0.119. The third kappa shape index (κ3) is 5.89. The molecule has 4 aliphatic heterocycles. The van der Waals surface area contributed by atoms with Gasteiger partial charge in [-0.15, -0.1) is 0 Å². The van der Waals surface area contributed by atoms with E-state index in [-0.39, 0.29) is 42.2 Å². The molecular weight excluding hydrogens is 524 g/mol. The molecule has 1 spiro atoms. The van der Waals surface area contributed by atoms with Crippen molar-refractivity contribution < 1.29 is 32.6 Å². The molecule has 2 atom stereocenters. The minimum absolute atomic E-state index is 0.0172. The maximum atomic E-state index is 13.9. The molecule has 0 bridgehead atoms. The Kier molecular flexibility index (Phi) is 8.37. The number of carbonyl (C=O) groups is 2. The molecule has 39 heavy (non-hydrogen) atoms. The molecule has 3 fully saturated rings. The molecule has 4 heterocycles. The highest BCUT2D eigenvalue weighted by atomic mass is 32.2. The predicted molar refractivity (Wildman–Crippen MR) is 143 cm³/mol. The summed E-state index contributed by atoms with van der Waals surface area (Å²) in [6.07, 6.45) is 3.18. The van der Waals surface area contributed by atoms with Gasteiger partial charge in [-0.05, 0) is 55.7 Å². The Morgan fingerprint density at radius 3 is 2.64 bits per heavy atom. The smallest absolute Gasteiger partial charge is 0.317 e. The Hall–Kier alpha value is -2.41.